The molecule has 2 N–H and O–H groups in total. The van der Waals surface area contributed by atoms with E-state index in [4.69, 9.17) is 9.73 Å². The summed E-state index contributed by atoms with van der Waals surface area (Å²) < 4.78 is 7.31. The van der Waals surface area contributed by atoms with E-state index in [1.807, 2.05) is 47.0 Å². The predicted octanol–water partition coefficient (Wildman–Crippen LogP) is 3.17. The first-order valence-corrected chi connectivity index (χ1v) is 11.6. The standard InChI is InChI=1S/C25H33N7O/c1-3-26-25(28-18-24-30-29-19-32(24)21-9-5-4-6-10-21)27-17-23(31-15-7-8-16-31)20-11-13-22(33-2)14-12-20/h4-6,9-14,19,23H,3,7-8,15-18H2,1-2H3,(H2,26,27,28). The zero-order valence-electron chi connectivity index (χ0n) is 19.4. The molecule has 0 aliphatic carbocycles. The maximum Gasteiger partial charge on any atom is 0.191 e. The molecule has 0 saturated carbocycles. The summed E-state index contributed by atoms with van der Waals surface area (Å²) in [5.41, 5.74) is 2.31. The van der Waals surface area contributed by atoms with Crippen molar-refractivity contribution in [2.75, 3.05) is 33.3 Å². The number of hydrogen-bond donors (Lipinski definition) is 2. The van der Waals surface area contributed by atoms with Gasteiger partial charge in [-0.1, -0.05) is 30.3 Å². The van der Waals surface area contributed by atoms with Crippen molar-refractivity contribution in [1.82, 2.24) is 30.3 Å². The SMILES string of the molecule is CCNC(=NCc1nncn1-c1ccccc1)NCC(c1ccc(OC)cc1)N1CCCC1. The summed E-state index contributed by atoms with van der Waals surface area (Å²) in [5.74, 6) is 2.45. The predicted molar refractivity (Wildman–Crippen MR) is 131 cm³/mol. The van der Waals surface area contributed by atoms with E-state index in [0.29, 0.717) is 6.54 Å². The number of nitrogens with zero attached hydrogens (tertiary/aromatic N) is 5. The maximum atomic E-state index is 5.34. The van der Waals surface area contributed by atoms with Crippen molar-refractivity contribution in [3.05, 3.63) is 72.3 Å². The highest BCUT2D eigenvalue weighted by Gasteiger charge is 2.23. The number of likely N-dealkylation sites (tertiary alicyclic amines) is 1. The van der Waals surface area contributed by atoms with Crippen molar-refractivity contribution in [1.29, 1.82) is 0 Å². The summed E-state index contributed by atoms with van der Waals surface area (Å²) in [6, 6.07) is 18.8. The van der Waals surface area contributed by atoms with Gasteiger partial charge < -0.3 is 15.4 Å². The minimum atomic E-state index is 0.273. The van der Waals surface area contributed by atoms with Gasteiger partial charge in [-0.15, -0.1) is 10.2 Å². The number of methoxy groups -OCH3 is 1. The van der Waals surface area contributed by atoms with E-state index in [0.717, 1.165) is 49.4 Å². The number of aromatic nitrogens is 3. The fraction of sp³-hybridized carbons (Fsp3) is 0.400. The van der Waals surface area contributed by atoms with E-state index in [2.05, 4.69) is 44.8 Å². The summed E-state index contributed by atoms with van der Waals surface area (Å²) in [6.45, 7) is 6.29. The van der Waals surface area contributed by atoms with Gasteiger partial charge >= 0.3 is 0 Å². The van der Waals surface area contributed by atoms with Gasteiger partial charge in [0.1, 0.15) is 18.6 Å². The molecule has 2 aromatic carbocycles. The normalized spacial score (nSPS) is 15.4. The van der Waals surface area contributed by atoms with Crippen LogP contribution in [-0.2, 0) is 6.54 Å². The van der Waals surface area contributed by atoms with Crippen molar-refractivity contribution in [3.8, 4) is 11.4 Å². The van der Waals surface area contributed by atoms with Crippen LogP contribution in [0.2, 0.25) is 0 Å². The molecule has 0 radical (unpaired) electrons. The van der Waals surface area contributed by atoms with Crippen LogP contribution in [0.15, 0.2) is 65.9 Å². The first-order valence-electron chi connectivity index (χ1n) is 11.6. The minimum absolute atomic E-state index is 0.273. The third-order valence-corrected chi connectivity index (χ3v) is 5.92. The van der Waals surface area contributed by atoms with E-state index in [-0.39, 0.29) is 6.04 Å². The van der Waals surface area contributed by atoms with Crippen molar-refractivity contribution < 1.29 is 4.74 Å². The van der Waals surface area contributed by atoms with Gasteiger partial charge in [0.15, 0.2) is 11.8 Å². The van der Waals surface area contributed by atoms with Gasteiger partial charge in [-0.25, -0.2) is 4.99 Å². The summed E-state index contributed by atoms with van der Waals surface area (Å²) in [6.07, 6.45) is 4.22. The third-order valence-electron chi connectivity index (χ3n) is 5.92. The molecule has 8 heteroatoms. The Morgan fingerprint density at radius 2 is 1.82 bits per heavy atom. The van der Waals surface area contributed by atoms with Crippen LogP contribution in [0.25, 0.3) is 5.69 Å². The molecule has 0 amide bonds. The molecular formula is C25H33N7O. The lowest BCUT2D eigenvalue weighted by atomic mass is 10.1. The molecule has 0 spiro atoms. The Hall–Kier alpha value is -3.39. The highest BCUT2D eigenvalue weighted by atomic mass is 16.5. The van der Waals surface area contributed by atoms with Gasteiger partial charge in [-0.05, 0) is 62.7 Å². The molecule has 33 heavy (non-hydrogen) atoms. The second-order valence-corrected chi connectivity index (χ2v) is 8.06. The molecule has 1 aliphatic rings. The first-order chi connectivity index (χ1) is 16.3. The van der Waals surface area contributed by atoms with Gasteiger partial charge in [0.05, 0.1) is 13.2 Å². The van der Waals surface area contributed by atoms with E-state index in [9.17, 15) is 0 Å². The van der Waals surface area contributed by atoms with Gasteiger partial charge in [0.2, 0.25) is 0 Å². The summed E-state index contributed by atoms with van der Waals surface area (Å²) in [5, 5.41) is 15.3. The molecule has 8 nitrogen and oxygen atoms in total. The number of hydrogen-bond acceptors (Lipinski definition) is 5. The molecule has 174 valence electrons. The molecule has 1 atom stereocenters. The van der Waals surface area contributed by atoms with Crippen LogP contribution < -0.4 is 15.4 Å². The topological polar surface area (TPSA) is 79.6 Å². The van der Waals surface area contributed by atoms with E-state index in [1.165, 1.54) is 18.4 Å². The minimum Gasteiger partial charge on any atom is -0.497 e. The molecule has 0 bridgehead atoms. The Morgan fingerprint density at radius 1 is 1.06 bits per heavy atom. The van der Waals surface area contributed by atoms with E-state index >= 15 is 0 Å². The molecule has 3 aromatic rings. The zero-order chi connectivity index (χ0) is 22.9. The number of guanidine groups is 1. The monoisotopic (exact) mass is 447 g/mol. The number of aliphatic imine (C=N–C) groups is 1. The van der Waals surface area contributed by atoms with Crippen LogP contribution in [0.3, 0.4) is 0 Å². The van der Waals surface area contributed by atoms with Crippen molar-refractivity contribution in [2.24, 2.45) is 4.99 Å². The second kappa shape index (κ2) is 11.5. The fourth-order valence-corrected chi connectivity index (χ4v) is 4.19. The molecular weight excluding hydrogens is 414 g/mol. The van der Waals surface area contributed by atoms with Crippen molar-refractivity contribution in [2.45, 2.75) is 32.4 Å². The second-order valence-electron chi connectivity index (χ2n) is 8.06. The summed E-state index contributed by atoms with van der Waals surface area (Å²) >= 11 is 0. The van der Waals surface area contributed by atoms with Crippen LogP contribution >= 0.6 is 0 Å². The molecule has 1 aromatic heterocycles. The van der Waals surface area contributed by atoms with Gasteiger partial charge in [-0.2, -0.15) is 0 Å². The Labute approximate surface area is 195 Å². The third kappa shape index (κ3) is 5.90. The molecule has 1 fully saturated rings. The maximum absolute atomic E-state index is 5.34. The van der Waals surface area contributed by atoms with Gasteiger partial charge in [0.25, 0.3) is 0 Å². The van der Waals surface area contributed by atoms with E-state index in [1.54, 1.807) is 13.4 Å². The lowest BCUT2D eigenvalue weighted by molar-refractivity contribution is 0.245. The van der Waals surface area contributed by atoms with Crippen molar-refractivity contribution >= 4 is 5.96 Å². The highest BCUT2D eigenvalue weighted by molar-refractivity contribution is 5.79. The molecule has 4 rings (SSSR count). The molecule has 1 aliphatic heterocycles. The van der Waals surface area contributed by atoms with E-state index < -0.39 is 0 Å². The number of rotatable bonds is 9. The first kappa shape index (κ1) is 22.8. The quantitative estimate of drug-likeness (QED) is 0.387. The Kier molecular flexibility index (Phi) is 7.92. The lowest BCUT2D eigenvalue weighted by Crippen LogP contribution is -2.42. The average molecular weight is 448 g/mol. The van der Waals surface area contributed by atoms with Crippen LogP contribution in [-0.4, -0.2) is 58.9 Å². The Bertz CT molecular complexity index is 1010. The summed E-state index contributed by atoms with van der Waals surface area (Å²) in [7, 11) is 1.70. The Morgan fingerprint density at radius 3 is 2.52 bits per heavy atom. The van der Waals surface area contributed by atoms with Gasteiger partial charge in [0, 0.05) is 18.8 Å². The number of benzene rings is 2. The number of ether oxygens (including phenoxy) is 1. The molecule has 1 unspecified atom stereocenters. The summed E-state index contributed by atoms with van der Waals surface area (Å²) in [4.78, 5) is 7.34. The van der Waals surface area contributed by atoms with Crippen LogP contribution in [0.5, 0.6) is 5.75 Å². The smallest absolute Gasteiger partial charge is 0.191 e. The Balaban J connectivity index is 1.47. The number of nitrogens with one attached hydrogen (secondary N) is 2. The van der Waals surface area contributed by atoms with Crippen LogP contribution in [0.4, 0.5) is 0 Å². The highest BCUT2D eigenvalue weighted by Crippen LogP contribution is 2.26. The average Bonchev–Trinajstić information content (AvgIpc) is 3.56. The van der Waals surface area contributed by atoms with Crippen LogP contribution in [0.1, 0.15) is 37.2 Å². The van der Waals surface area contributed by atoms with Crippen molar-refractivity contribution in [3.63, 3.8) is 0 Å². The largest absolute Gasteiger partial charge is 0.497 e. The number of para-hydroxylation sites is 1. The molecule has 2 heterocycles. The molecule has 1 saturated heterocycles. The zero-order valence-corrected chi connectivity index (χ0v) is 19.4. The van der Waals surface area contributed by atoms with Gasteiger partial charge in [-0.3, -0.25) is 9.47 Å². The lowest BCUT2D eigenvalue weighted by Gasteiger charge is -2.29. The fourth-order valence-electron chi connectivity index (χ4n) is 4.19. The van der Waals surface area contributed by atoms with Crippen LogP contribution in [0, 0.1) is 0 Å².